The Balaban J connectivity index is 1.75. The normalized spacial score (nSPS) is 34.6. The summed E-state index contributed by atoms with van der Waals surface area (Å²) in [6.07, 6.45) is 10.8. The molecule has 3 rings (SSSR count). The molecule has 2 aliphatic rings. The summed E-state index contributed by atoms with van der Waals surface area (Å²) in [5, 5.41) is 3.69. The fourth-order valence-electron chi connectivity index (χ4n) is 4.26. The van der Waals surface area contributed by atoms with Crippen LogP contribution in [0.2, 0.25) is 0 Å². The zero-order valence-electron chi connectivity index (χ0n) is 11.6. The molecular weight excluding hydrogens is 222 g/mol. The molecule has 18 heavy (non-hydrogen) atoms. The van der Waals surface area contributed by atoms with E-state index in [4.69, 9.17) is 4.42 Å². The molecule has 0 saturated heterocycles. The van der Waals surface area contributed by atoms with Gasteiger partial charge in [0.1, 0.15) is 0 Å². The van der Waals surface area contributed by atoms with Gasteiger partial charge >= 0.3 is 0 Å². The zero-order chi connectivity index (χ0) is 12.6. The van der Waals surface area contributed by atoms with Crippen molar-refractivity contribution in [1.82, 2.24) is 5.32 Å². The van der Waals surface area contributed by atoms with Crippen molar-refractivity contribution >= 4 is 0 Å². The number of furan rings is 1. The van der Waals surface area contributed by atoms with Crippen LogP contribution in [-0.4, -0.2) is 12.6 Å². The van der Waals surface area contributed by atoms with E-state index in [9.17, 15) is 0 Å². The lowest BCUT2D eigenvalue weighted by atomic mass is 9.69. The molecule has 0 spiro atoms. The molecule has 0 radical (unpaired) electrons. The van der Waals surface area contributed by atoms with Gasteiger partial charge in [-0.05, 0) is 54.6 Å². The number of hydrogen-bond donors (Lipinski definition) is 1. The van der Waals surface area contributed by atoms with Gasteiger partial charge in [0.25, 0.3) is 0 Å². The van der Waals surface area contributed by atoms with Gasteiger partial charge in [-0.25, -0.2) is 0 Å². The fraction of sp³-hybridized carbons (Fsp3) is 0.750. The first kappa shape index (κ1) is 12.3. The molecule has 2 nitrogen and oxygen atoms in total. The van der Waals surface area contributed by atoms with E-state index >= 15 is 0 Å². The third-order valence-electron chi connectivity index (χ3n) is 5.10. The second-order valence-electron chi connectivity index (χ2n) is 6.79. The summed E-state index contributed by atoms with van der Waals surface area (Å²) in [4.78, 5) is 0. The lowest BCUT2D eigenvalue weighted by Crippen LogP contribution is -2.42. The summed E-state index contributed by atoms with van der Waals surface area (Å²) >= 11 is 0. The topological polar surface area (TPSA) is 25.2 Å². The molecule has 1 N–H and O–H groups in total. The van der Waals surface area contributed by atoms with Crippen molar-refractivity contribution in [2.75, 3.05) is 6.54 Å². The third kappa shape index (κ3) is 2.23. The van der Waals surface area contributed by atoms with E-state index in [0.29, 0.717) is 11.5 Å². The molecule has 2 heteroatoms. The Kier molecular flexibility index (Phi) is 3.23. The van der Waals surface area contributed by atoms with Gasteiger partial charge in [-0.15, -0.1) is 0 Å². The minimum atomic E-state index is 0.497. The Labute approximate surface area is 110 Å². The molecule has 2 saturated carbocycles. The van der Waals surface area contributed by atoms with E-state index in [1.54, 1.807) is 0 Å². The van der Waals surface area contributed by atoms with Gasteiger partial charge < -0.3 is 9.73 Å². The van der Waals surface area contributed by atoms with Gasteiger partial charge in [-0.2, -0.15) is 0 Å². The van der Waals surface area contributed by atoms with Gasteiger partial charge in [-0.1, -0.05) is 20.3 Å². The first-order chi connectivity index (χ1) is 8.68. The van der Waals surface area contributed by atoms with Crippen molar-refractivity contribution in [3.63, 3.8) is 0 Å². The van der Waals surface area contributed by atoms with Crippen molar-refractivity contribution in [2.45, 2.75) is 52.0 Å². The van der Waals surface area contributed by atoms with Crippen LogP contribution in [0.5, 0.6) is 0 Å². The molecule has 2 bridgehead atoms. The molecule has 3 unspecified atom stereocenters. The van der Waals surface area contributed by atoms with Crippen LogP contribution in [0.25, 0.3) is 0 Å². The Hall–Kier alpha value is -0.760. The van der Waals surface area contributed by atoms with E-state index in [1.165, 1.54) is 44.2 Å². The van der Waals surface area contributed by atoms with Crippen LogP contribution in [0.15, 0.2) is 23.0 Å². The zero-order valence-corrected chi connectivity index (χ0v) is 11.6. The monoisotopic (exact) mass is 247 g/mol. The maximum Gasteiger partial charge on any atom is 0.0934 e. The summed E-state index contributed by atoms with van der Waals surface area (Å²) < 4.78 is 5.26. The highest BCUT2D eigenvalue weighted by Crippen LogP contribution is 2.57. The van der Waals surface area contributed by atoms with Crippen LogP contribution in [0.4, 0.5) is 0 Å². The summed E-state index contributed by atoms with van der Waals surface area (Å²) in [7, 11) is 0. The quantitative estimate of drug-likeness (QED) is 0.859. The van der Waals surface area contributed by atoms with Crippen molar-refractivity contribution < 1.29 is 4.42 Å². The lowest BCUT2D eigenvalue weighted by molar-refractivity contribution is 0.152. The van der Waals surface area contributed by atoms with Crippen LogP contribution >= 0.6 is 0 Å². The number of fused-ring (bicyclic) bond motifs is 2. The highest BCUT2D eigenvalue weighted by molar-refractivity contribution is 5.13. The van der Waals surface area contributed by atoms with Gasteiger partial charge in [0.15, 0.2) is 0 Å². The van der Waals surface area contributed by atoms with Gasteiger partial charge in [-0.3, -0.25) is 0 Å². The SMILES string of the molecule is CC(C)NCC1(Cc2ccoc2)CC2CCC1C2. The van der Waals surface area contributed by atoms with Gasteiger partial charge in [0, 0.05) is 12.6 Å². The Morgan fingerprint density at radius 3 is 2.89 bits per heavy atom. The molecule has 2 aliphatic carbocycles. The molecule has 0 amide bonds. The minimum absolute atomic E-state index is 0.497. The smallest absolute Gasteiger partial charge is 0.0934 e. The summed E-state index contributed by atoms with van der Waals surface area (Å²) in [5.74, 6) is 1.93. The molecule has 2 fully saturated rings. The number of nitrogens with one attached hydrogen (secondary N) is 1. The number of rotatable bonds is 5. The molecule has 3 atom stereocenters. The molecule has 1 heterocycles. The van der Waals surface area contributed by atoms with Gasteiger partial charge in [0.05, 0.1) is 12.5 Å². The standard InChI is InChI=1S/C16H25NO/c1-12(2)17-11-16(9-14-5-6-18-10-14)8-13-3-4-15(16)7-13/h5-6,10,12-13,15,17H,3-4,7-9,11H2,1-2H3. The summed E-state index contributed by atoms with van der Waals surface area (Å²) in [6.45, 7) is 5.68. The summed E-state index contributed by atoms with van der Waals surface area (Å²) in [6, 6.07) is 2.73. The predicted octanol–water partition coefficient (Wildman–Crippen LogP) is 3.63. The second kappa shape index (κ2) is 4.73. The largest absolute Gasteiger partial charge is 0.472 e. The average Bonchev–Trinajstić information content (AvgIpc) is 3.02. The minimum Gasteiger partial charge on any atom is -0.472 e. The highest BCUT2D eigenvalue weighted by Gasteiger charge is 2.50. The lowest BCUT2D eigenvalue weighted by Gasteiger charge is -2.38. The van der Waals surface area contributed by atoms with Crippen LogP contribution < -0.4 is 5.32 Å². The maximum absolute atomic E-state index is 5.26. The van der Waals surface area contributed by atoms with Crippen molar-refractivity contribution in [3.8, 4) is 0 Å². The van der Waals surface area contributed by atoms with Crippen LogP contribution in [-0.2, 0) is 6.42 Å². The first-order valence-electron chi connectivity index (χ1n) is 7.42. The van der Waals surface area contributed by atoms with Crippen molar-refractivity contribution in [2.24, 2.45) is 17.3 Å². The van der Waals surface area contributed by atoms with Crippen LogP contribution in [0.1, 0.15) is 45.1 Å². The molecule has 0 aromatic carbocycles. The highest BCUT2D eigenvalue weighted by atomic mass is 16.3. The van der Waals surface area contributed by atoms with E-state index in [1.807, 2.05) is 12.5 Å². The van der Waals surface area contributed by atoms with E-state index < -0.39 is 0 Å². The molecule has 1 aromatic rings. The predicted molar refractivity (Wildman–Crippen MR) is 73.4 cm³/mol. The Morgan fingerprint density at radius 1 is 1.44 bits per heavy atom. The first-order valence-corrected chi connectivity index (χ1v) is 7.42. The van der Waals surface area contributed by atoms with Gasteiger partial charge in [0.2, 0.25) is 0 Å². The third-order valence-corrected chi connectivity index (χ3v) is 5.10. The van der Waals surface area contributed by atoms with Crippen LogP contribution in [0.3, 0.4) is 0 Å². The van der Waals surface area contributed by atoms with E-state index in [0.717, 1.165) is 11.8 Å². The molecule has 100 valence electrons. The van der Waals surface area contributed by atoms with Crippen LogP contribution in [0, 0.1) is 17.3 Å². The van der Waals surface area contributed by atoms with E-state index in [2.05, 4.69) is 25.2 Å². The molecular formula is C16H25NO. The van der Waals surface area contributed by atoms with Crippen molar-refractivity contribution in [3.05, 3.63) is 24.2 Å². The maximum atomic E-state index is 5.26. The number of hydrogen-bond acceptors (Lipinski definition) is 2. The Morgan fingerprint density at radius 2 is 2.33 bits per heavy atom. The second-order valence-corrected chi connectivity index (χ2v) is 6.79. The van der Waals surface area contributed by atoms with Crippen molar-refractivity contribution in [1.29, 1.82) is 0 Å². The average molecular weight is 247 g/mol. The summed E-state index contributed by atoms with van der Waals surface area (Å²) in [5.41, 5.74) is 1.88. The fourth-order valence-corrected chi connectivity index (χ4v) is 4.26. The van der Waals surface area contributed by atoms with E-state index in [-0.39, 0.29) is 0 Å². The molecule has 0 aliphatic heterocycles. The molecule has 1 aromatic heterocycles. The Bertz CT molecular complexity index is 384.